The summed E-state index contributed by atoms with van der Waals surface area (Å²) in [6.07, 6.45) is 6.82. The van der Waals surface area contributed by atoms with Crippen LogP contribution in [0.1, 0.15) is 54.9 Å². The number of hydrogen-bond acceptors (Lipinski definition) is 3. The Morgan fingerprint density at radius 1 is 1.38 bits per heavy atom. The van der Waals surface area contributed by atoms with Crippen molar-refractivity contribution in [2.45, 2.75) is 51.6 Å². The van der Waals surface area contributed by atoms with Crippen LogP contribution in [0.15, 0.2) is 22.7 Å². The predicted molar refractivity (Wildman–Crippen MR) is 88.4 cm³/mol. The molecule has 1 atom stereocenters. The molecule has 21 heavy (non-hydrogen) atoms. The molecule has 1 aliphatic rings. The first-order chi connectivity index (χ1) is 10.1. The molecule has 3 nitrogen and oxygen atoms in total. The molecule has 0 heterocycles. The standard InChI is InChI=1S/C17H24BrNO2/c1-12(13-6-4-3-5-7-13)19-11-15-9-8-14(10-16(15)18)17(20)21-2/h8-10,12-13,19H,3-7,11H2,1-2H3/t12-/m0/s1. The Hall–Kier alpha value is -0.870. The van der Waals surface area contributed by atoms with Gasteiger partial charge in [0.25, 0.3) is 0 Å². The molecule has 116 valence electrons. The van der Waals surface area contributed by atoms with Crippen molar-refractivity contribution in [3.63, 3.8) is 0 Å². The summed E-state index contributed by atoms with van der Waals surface area (Å²) in [5.74, 6) is 0.498. The molecule has 0 aliphatic heterocycles. The van der Waals surface area contributed by atoms with Crippen molar-refractivity contribution in [2.75, 3.05) is 7.11 Å². The monoisotopic (exact) mass is 353 g/mol. The van der Waals surface area contributed by atoms with Crippen molar-refractivity contribution >= 4 is 21.9 Å². The number of halogens is 1. The van der Waals surface area contributed by atoms with Crippen LogP contribution in [0.5, 0.6) is 0 Å². The number of benzene rings is 1. The van der Waals surface area contributed by atoms with E-state index >= 15 is 0 Å². The number of hydrogen-bond donors (Lipinski definition) is 1. The van der Waals surface area contributed by atoms with Crippen LogP contribution in [-0.2, 0) is 11.3 Å². The van der Waals surface area contributed by atoms with Crippen LogP contribution >= 0.6 is 15.9 Å². The second kappa shape index (κ2) is 7.95. The molecule has 0 unspecified atom stereocenters. The summed E-state index contributed by atoms with van der Waals surface area (Å²) in [6, 6.07) is 6.17. The number of esters is 1. The van der Waals surface area contributed by atoms with E-state index < -0.39 is 0 Å². The molecule has 1 N–H and O–H groups in total. The number of rotatable bonds is 5. The number of carbonyl (C=O) groups is 1. The number of methoxy groups -OCH3 is 1. The van der Waals surface area contributed by atoms with E-state index in [9.17, 15) is 4.79 Å². The van der Waals surface area contributed by atoms with E-state index in [1.54, 1.807) is 0 Å². The zero-order chi connectivity index (χ0) is 15.2. The molecule has 1 aromatic rings. The highest BCUT2D eigenvalue weighted by molar-refractivity contribution is 9.10. The summed E-state index contributed by atoms with van der Waals surface area (Å²) < 4.78 is 5.69. The fraction of sp³-hybridized carbons (Fsp3) is 0.588. The Labute approximate surface area is 135 Å². The largest absolute Gasteiger partial charge is 0.465 e. The van der Waals surface area contributed by atoms with Gasteiger partial charge in [0, 0.05) is 17.1 Å². The van der Waals surface area contributed by atoms with Gasteiger partial charge >= 0.3 is 5.97 Å². The molecule has 0 bridgehead atoms. The average Bonchev–Trinajstić information content (AvgIpc) is 2.53. The molecule has 0 saturated heterocycles. The van der Waals surface area contributed by atoms with Crippen LogP contribution < -0.4 is 5.32 Å². The van der Waals surface area contributed by atoms with E-state index in [2.05, 4.69) is 28.2 Å². The average molecular weight is 354 g/mol. The highest BCUT2D eigenvalue weighted by Crippen LogP contribution is 2.27. The Balaban J connectivity index is 1.92. The maximum atomic E-state index is 11.5. The molecule has 1 saturated carbocycles. The molecule has 2 rings (SSSR count). The normalized spacial score (nSPS) is 17.5. The predicted octanol–water partition coefficient (Wildman–Crippen LogP) is 4.29. The third-order valence-electron chi connectivity index (χ3n) is 4.45. The Bertz CT molecular complexity index is 484. The Morgan fingerprint density at radius 2 is 2.10 bits per heavy atom. The smallest absolute Gasteiger partial charge is 0.337 e. The summed E-state index contributed by atoms with van der Waals surface area (Å²) in [7, 11) is 1.40. The van der Waals surface area contributed by atoms with Gasteiger partial charge in [0.05, 0.1) is 12.7 Å². The molecule has 1 aromatic carbocycles. The first-order valence-corrected chi connectivity index (χ1v) is 8.51. The van der Waals surface area contributed by atoms with E-state index in [1.165, 1.54) is 44.8 Å². The Kier molecular flexibility index (Phi) is 6.24. The first kappa shape index (κ1) is 16.5. The van der Waals surface area contributed by atoms with Crippen LogP contribution in [0.2, 0.25) is 0 Å². The van der Waals surface area contributed by atoms with E-state index in [-0.39, 0.29) is 5.97 Å². The third kappa shape index (κ3) is 4.55. The van der Waals surface area contributed by atoms with Crippen molar-refractivity contribution < 1.29 is 9.53 Å². The zero-order valence-electron chi connectivity index (χ0n) is 12.8. The molecular weight excluding hydrogens is 330 g/mol. The lowest BCUT2D eigenvalue weighted by Crippen LogP contribution is -2.34. The fourth-order valence-electron chi connectivity index (χ4n) is 3.01. The molecule has 0 amide bonds. The molecule has 4 heteroatoms. The van der Waals surface area contributed by atoms with Crippen LogP contribution in [-0.4, -0.2) is 19.1 Å². The lowest BCUT2D eigenvalue weighted by molar-refractivity contribution is 0.0600. The molecule has 0 radical (unpaired) electrons. The van der Waals surface area contributed by atoms with Gasteiger partial charge in [-0.3, -0.25) is 0 Å². The molecular formula is C17H24BrNO2. The Morgan fingerprint density at radius 3 is 2.71 bits per heavy atom. The van der Waals surface area contributed by atoms with Gasteiger partial charge in [-0.25, -0.2) is 4.79 Å². The van der Waals surface area contributed by atoms with Gasteiger partial charge in [0.2, 0.25) is 0 Å². The number of nitrogens with one attached hydrogen (secondary N) is 1. The van der Waals surface area contributed by atoms with Crippen LogP contribution in [0, 0.1) is 5.92 Å². The quantitative estimate of drug-likeness (QED) is 0.802. The van der Waals surface area contributed by atoms with E-state index in [0.717, 1.165) is 16.9 Å². The lowest BCUT2D eigenvalue weighted by atomic mass is 9.84. The number of carbonyl (C=O) groups excluding carboxylic acids is 1. The topological polar surface area (TPSA) is 38.3 Å². The van der Waals surface area contributed by atoms with E-state index in [4.69, 9.17) is 4.74 Å². The minimum Gasteiger partial charge on any atom is -0.465 e. The van der Waals surface area contributed by atoms with Crippen LogP contribution in [0.25, 0.3) is 0 Å². The molecule has 0 aromatic heterocycles. The SMILES string of the molecule is COC(=O)c1ccc(CN[C@@H](C)C2CCCCC2)c(Br)c1. The van der Waals surface area contributed by atoms with Crippen LogP contribution in [0.4, 0.5) is 0 Å². The highest BCUT2D eigenvalue weighted by atomic mass is 79.9. The summed E-state index contributed by atoms with van der Waals surface area (Å²) in [5.41, 5.74) is 1.75. The molecule has 1 fully saturated rings. The summed E-state index contributed by atoms with van der Waals surface area (Å²) in [5, 5.41) is 3.63. The first-order valence-electron chi connectivity index (χ1n) is 7.72. The second-order valence-electron chi connectivity index (χ2n) is 5.87. The van der Waals surface area contributed by atoms with Crippen molar-refractivity contribution in [1.82, 2.24) is 5.32 Å². The van der Waals surface area contributed by atoms with Crippen molar-refractivity contribution in [3.05, 3.63) is 33.8 Å². The third-order valence-corrected chi connectivity index (χ3v) is 5.18. The molecule has 1 aliphatic carbocycles. The van der Waals surface area contributed by atoms with Gasteiger partial charge in [0.15, 0.2) is 0 Å². The minimum absolute atomic E-state index is 0.300. The van der Waals surface area contributed by atoms with Gasteiger partial charge in [0.1, 0.15) is 0 Å². The zero-order valence-corrected chi connectivity index (χ0v) is 14.4. The van der Waals surface area contributed by atoms with Gasteiger partial charge in [-0.15, -0.1) is 0 Å². The van der Waals surface area contributed by atoms with Crippen LogP contribution in [0.3, 0.4) is 0 Å². The summed E-state index contributed by atoms with van der Waals surface area (Å²) in [4.78, 5) is 11.5. The molecule has 0 spiro atoms. The second-order valence-corrected chi connectivity index (χ2v) is 6.72. The summed E-state index contributed by atoms with van der Waals surface area (Å²) in [6.45, 7) is 3.10. The number of ether oxygens (including phenoxy) is 1. The van der Waals surface area contributed by atoms with Crippen molar-refractivity contribution in [2.24, 2.45) is 5.92 Å². The minimum atomic E-state index is -0.300. The van der Waals surface area contributed by atoms with Gasteiger partial charge in [-0.05, 0) is 43.4 Å². The summed E-state index contributed by atoms with van der Waals surface area (Å²) >= 11 is 3.54. The van der Waals surface area contributed by atoms with E-state index in [0.29, 0.717) is 11.6 Å². The fourth-order valence-corrected chi connectivity index (χ4v) is 3.53. The van der Waals surface area contributed by atoms with E-state index in [1.807, 2.05) is 18.2 Å². The van der Waals surface area contributed by atoms with Crippen molar-refractivity contribution in [3.8, 4) is 0 Å². The maximum absolute atomic E-state index is 11.5. The van der Waals surface area contributed by atoms with Crippen molar-refractivity contribution in [1.29, 1.82) is 0 Å². The maximum Gasteiger partial charge on any atom is 0.337 e. The van der Waals surface area contributed by atoms with Gasteiger partial charge < -0.3 is 10.1 Å². The van der Waals surface area contributed by atoms with Gasteiger partial charge in [-0.1, -0.05) is 41.3 Å². The lowest BCUT2D eigenvalue weighted by Gasteiger charge is -2.28. The highest BCUT2D eigenvalue weighted by Gasteiger charge is 2.19. The van der Waals surface area contributed by atoms with Gasteiger partial charge in [-0.2, -0.15) is 0 Å².